The van der Waals surface area contributed by atoms with Crippen LogP contribution in [-0.4, -0.2) is 48.3 Å². The zero-order valence-electron chi connectivity index (χ0n) is 11.3. The number of anilines is 1. The van der Waals surface area contributed by atoms with Gasteiger partial charge in [0.1, 0.15) is 10.7 Å². The number of rotatable bonds is 3. The second-order valence-electron chi connectivity index (χ2n) is 4.53. The Kier molecular flexibility index (Phi) is 4.37. The highest BCUT2D eigenvalue weighted by atomic mass is 32.2. The minimum atomic E-state index is -3.49. The molecule has 1 aromatic rings. The number of hydrogen-bond donors (Lipinski definition) is 1. The van der Waals surface area contributed by atoms with Gasteiger partial charge < -0.3 is 5.32 Å². The molecule has 2 unspecified atom stereocenters. The molecule has 1 aliphatic rings. The number of sulfonamides is 1. The number of pyridine rings is 1. The summed E-state index contributed by atoms with van der Waals surface area (Å²) in [6.07, 6.45) is 1.59. The fourth-order valence-corrected chi connectivity index (χ4v) is 5.30. The third-order valence-corrected chi connectivity index (χ3v) is 6.78. The Morgan fingerprint density at radius 2 is 2.21 bits per heavy atom. The van der Waals surface area contributed by atoms with Gasteiger partial charge in [-0.3, -0.25) is 0 Å². The van der Waals surface area contributed by atoms with Crippen LogP contribution in [0.3, 0.4) is 0 Å². The molecule has 0 aromatic carbocycles. The van der Waals surface area contributed by atoms with Crippen molar-refractivity contribution < 1.29 is 8.42 Å². The monoisotopic (exact) mass is 301 g/mol. The summed E-state index contributed by atoms with van der Waals surface area (Å²) >= 11 is 1.81. The maximum atomic E-state index is 12.8. The van der Waals surface area contributed by atoms with Gasteiger partial charge in [0.2, 0.25) is 10.0 Å². The Morgan fingerprint density at radius 3 is 2.89 bits per heavy atom. The molecule has 106 valence electrons. The summed E-state index contributed by atoms with van der Waals surface area (Å²) in [5.41, 5.74) is 0. The van der Waals surface area contributed by atoms with Crippen LogP contribution in [0.5, 0.6) is 0 Å². The standard InChI is InChI=1S/C12H19N3O2S2/c1-9-10(2)18-8-7-15(9)19(16,17)11-5-4-6-14-12(11)13-3/h4-6,9-10H,7-8H2,1-3H3,(H,13,14). The first-order valence-corrected chi connectivity index (χ1v) is 8.73. The molecule has 1 saturated heterocycles. The van der Waals surface area contributed by atoms with Gasteiger partial charge in [0.25, 0.3) is 0 Å². The van der Waals surface area contributed by atoms with Gasteiger partial charge in [0.15, 0.2) is 0 Å². The van der Waals surface area contributed by atoms with Crippen LogP contribution in [0.4, 0.5) is 5.82 Å². The minimum Gasteiger partial charge on any atom is -0.372 e. The lowest BCUT2D eigenvalue weighted by molar-refractivity contribution is 0.340. The Morgan fingerprint density at radius 1 is 1.47 bits per heavy atom. The van der Waals surface area contributed by atoms with Crippen molar-refractivity contribution in [2.45, 2.75) is 30.0 Å². The molecule has 19 heavy (non-hydrogen) atoms. The van der Waals surface area contributed by atoms with Crippen LogP contribution in [0.25, 0.3) is 0 Å². The molecule has 2 heterocycles. The van der Waals surface area contributed by atoms with Gasteiger partial charge in [-0.05, 0) is 19.1 Å². The molecule has 1 fully saturated rings. The van der Waals surface area contributed by atoms with E-state index < -0.39 is 10.0 Å². The van der Waals surface area contributed by atoms with Crippen LogP contribution in [-0.2, 0) is 10.0 Å². The Hall–Kier alpha value is -0.790. The van der Waals surface area contributed by atoms with Crippen molar-refractivity contribution in [1.29, 1.82) is 0 Å². The summed E-state index contributed by atoms with van der Waals surface area (Å²) in [4.78, 5) is 4.33. The highest BCUT2D eigenvalue weighted by Crippen LogP contribution is 2.31. The lowest BCUT2D eigenvalue weighted by Crippen LogP contribution is -2.47. The van der Waals surface area contributed by atoms with Gasteiger partial charge in [-0.1, -0.05) is 6.92 Å². The number of nitrogens with zero attached hydrogens (tertiary/aromatic N) is 2. The van der Waals surface area contributed by atoms with Crippen molar-refractivity contribution >= 4 is 27.6 Å². The van der Waals surface area contributed by atoms with E-state index in [1.807, 2.05) is 18.7 Å². The molecule has 0 spiro atoms. The lowest BCUT2D eigenvalue weighted by Gasteiger charge is -2.36. The third kappa shape index (κ3) is 2.73. The van der Waals surface area contributed by atoms with E-state index in [1.54, 1.807) is 29.7 Å². The molecule has 1 N–H and O–H groups in total. The first kappa shape index (κ1) is 14.6. The number of thioether (sulfide) groups is 1. The smallest absolute Gasteiger partial charge is 0.247 e. The largest absolute Gasteiger partial charge is 0.372 e. The average Bonchev–Trinajstić information content (AvgIpc) is 2.41. The molecule has 1 aromatic heterocycles. The number of aromatic nitrogens is 1. The molecule has 5 nitrogen and oxygen atoms in total. The molecule has 0 aliphatic carbocycles. The van der Waals surface area contributed by atoms with Crippen molar-refractivity contribution in [2.24, 2.45) is 0 Å². The van der Waals surface area contributed by atoms with Crippen LogP contribution < -0.4 is 5.32 Å². The molecule has 0 saturated carbocycles. The Balaban J connectivity index is 2.42. The van der Waals surface area contributed by atoms with E-state index in [1.165, 1.54) is 0 Å². The fraction of sp³-hybridized carbons (Fsp3) is 0.583. The van der Waals surface area contributed by atoms with E-state index in [4.69, 9.17) is 0 Å². The second-order valence-corrected chi connectivity index (χ2v) is 7.88. The Bertz CT molecular complexity index is 548. The van der Waals surface area contributed by atoms with Crippen molar-refractivity contribution in [3.8, 4) is 0 Å². The summed E-state index contributed by atoms with van der Waals surface area (Å²) in [5.74, 6) is 1.24. The molecule has 2 atom stereocenters. The zero-order chi connectivity index (χ0) is 14.0. The molecule has 2 rings (SSSR count). The van der Waals surface area contributed by atoms with Crippen molar-refractivity contribution in [3.63, 3.8) is 0 Å². The maximum absolute atomic E-state index is 12.8. The van der Waals surface area contributed by atoms with Gasteiger partial charge in [-0.2, -0.15) is 16.1 Å². The van der Waals surface area contributed by atoms with Crippen LogP contribution in [0.15, 0.2) is 23.2 Å². The second kappa shape index (κ2) is 5.68. The first-order chi connectivity index (χ1) is 8.98. The van der Waals surface area contributed by atoms with Crippen LogP contribution in [0, 0.1) is 0 Å². The summed E-state index contributed by atoms with van der Waals surface area (Å²) in [6, 6.07) is 3.25. The Labute approximate surface area is 118 Å². The van der Waals surface area contributed by atoms with E-state index in [2.05, 4.69) is 17.2 Å². The predicted molar refractivity (Wildman–Crippen MR) is 79.1 cm³/mol. The van der Waals surface area contributed by atoms with E-state index in [0.29, 0.717) is 17.6 Å². The van der Waals surface area contributed by atoms with Gasteiger partial charge >= 0.3 is 0 Å². The van der Waals surface area contributed by atoms with Crippen molar-refractivity contribution in [1.82, 2.24) is 9.29 Å². The predicted octanol–water partition coefficient (Wildman–Crippen LogP) is 1.64. The zero-order valence-corrected chi connectivity index (χ0v) is 13.0. The van der Waals surface area contributed by atoms with Gasteiger partial charge in [-0.15, -0.1) is 0 Å². The molecule has 1 aliphatic heterocycles. The SMILES string of the molecule is CNc1ncccc1S(=O)(=O)N1CCSC(C)C1C. The van der Waals surface area contributed by atoms with Crippen LogP contribution >= 0.6 is 11.8 Å². The molecular weight excluding hydrogens is 282 g/mol. The maximum Gasteiger partial charge on any atom is 0.247 e. The van der Waals surface area contributed by atoms with E-state index in [-0.39, 0.29) is 10.9 Å². The van der Waals surface area contributed by atoms with Gasteiger partial charge in [-0.25, -0.2) is 13.4 Å². The summed E-state index contributed by atoms with van der Waals surface area (Å²) in [7, 11) is -1.81. The topological polar surface area (TPSA) is 62.3 Å². The summed E-state index contributed by atoms with van der Waals surface area (Å²) in [5, 5.41) is 3.15. The fourth-order valence-electron chi connectivity index (χ4n) is 2.16. The van der Waals surface area contributed by atoms with Crippen molar-refractivity contribution in [2.75, 3.05) is 24.7 Å². The van der Waals surface area contributed by atoms with Gasteiger partial charge in [0, 0.05) is 36.8 Å². The quantitative estimate of drug-likeness (QED) is 0.919. The van der Waals surface area contributed by atoms with Gasteiger partial charge in [0.05, 0.1) is 0 Å². The first-order valence-electron chi connectivity index (χ1n) is 6.24. The third-order valence-electron chi connectivity index (χ3n) is 3.42. The highest BCUT2D eigenvalue weighted by molar-refractivity contribution is 8.00. The molecule has 0 amide bonds. The molecule has 0 bridgehead atoms. The highest BCUT2D eigenvalue weighted by Gasteiger charge is 2.36. The molecular formula is C12H19N3O2S2. The van der Waals surface area contributed by atoms with E-state index in [0.717, 1.165) is 5.75 Å². The molecule has 7 heteroatoms. The van der Waals surface area contributed by atoms with E-state index in [9.17, 15) is 8.42 Å². The van der Waals surface area contributed by atoms with Crippen LogP contribution in [0.2, 0.25) is 0 Å². The summed E-state index contributed by atoms with van der Waals surface area (Å²) < 4.78 is 27.1. The molecule has 0 radical (unpaired) electrons. The number of hydrogen-bond acceptors (Lipinski definition) is 5. The normalized spacial score (nSPS) is 25.2. The summed E-state index contributed by atoms with van der Waals surface area (Å²) in [6.45, 7) is 4.58. The number of nitrogens with one attached hydrogen (secondary N) is 1. The average molecular weight is 301 g/mol. The van der Waals surface area contributed by atoms with E-state index >= 15 is 0 Å². The minimum absolute atomic E-state index is 0.00587. The van der Waals surface area contributed by atoms with Crippen molar-refractivity contribution in [3.05, 3.63) is 18.3 Å². The lowest BCUT2D eigenvalue weighted by atomic mass is 10.2. The van der Waals surface area contributed by atoms with Crippen LogP contribution in [0.1, 0.15) is 13.8 Å².